The molecule has 0 radical (unpaired) electrons. The van der Waals surface area contributed by atoms with Crippen LogP contribution in [0.5, 0.6) is 0 Å². The van der Waals surface area contributed by atoms with Gasteiger partial charge in [0.25, 0.3) is 0 Å². The van der Waals surface area contributed by atoms with Gasteiger partial charge < -0.3 is 17.0 Å². The fourth-order valence-corrected chi connectivity index (χ4v) is 3.80. The molecule has 0 aliphatic carbocycles. The summed E-state index contributed by atoms with van der Waals surface area (Å²) in [6, 6.07) is 21.5. The van der Waals surface area contributed by atoms with Gasteiger partial charge >= 0.3 is 0 Å². The molecule has 0 amide bonds. The molecule has 19 heavy (non-hydrogen) atoms. The van der Waals surface area contributed by atoms with E-state index in [4.69, 9.17) is 0 Å². The van der Waals surface area contributed by atoms with E-state index >= 15 is 0 Å². The minimum absolute atomic E-state index is 0. The van der Waals surface area contributed by atoms with E-state index in [0.717, 1.165) is 0 Å². The first-order valence-electron chi connectivity index (χ1n) is 6.15. The molecule has 0 nitrogen and oxygen atoms in total. The Morgan fingerprint density at radius 1 is 0.789 bits per heavy atom. The van der Waals surface area contributed by atoms with Gasteiger partial charge in [-0.15, -0.1) is 0 Å². The number of halogens is 1. The van der Waals surface area contributed by atoms with Gasteiger partial charge in [0.15, 0.2) is 18.2 Å². The van der Waals surface area contributed by atoms with Gasteiger partial charge in [0.05, 0.1) is 0 Å². The zero-order valence-electron chi connectivity index (χ0n) is 11.3. The first-order chi connectivity index (χ1) is 8.77. The molecule has 0 saturated heterocycles. The minimum atomic E-state index is -0.385. The van der Waals surface area contributed by atoms with Crippen LogP contribution in [-0.2, 0) is 0 Å². The lowest BCUT2D eigenvalue weighted by Crippen LogP contribution is -3.00. The zero-order chi connectivity index (χ0) is 12.8. The molecule has 2 heteroatoms. The average molecular weight is 333 g/mol. The van der Waals surface area contributed by atoms with Crippen LogP contribution in [0.3, 0.4) is 0 Å². The molecular formula is C17H18BrP. The van der Waals surface area contributed by atoms with Crippen LogP contribution in [0.2, 0.25) is 0 Å². The standard InChI is InChI=1S/C17H18P.BrH/c1-15(2)13-14-18(16-9-5-3-6-10-16)17-11-7-4-8-12-17;/h3-14H,1-2H3;1H/q+1;/p-1. The Morgan fingerprint density at radius 3 is 1.58 bits per heavy atom. The van der Waals surface area contributed by atoms with Gasteiger partial charge in [-0.2, -0.15) is 0 Å². The second-order valence-electron chi connectivity index (χ2n) is 4.43. The molecule has 0 aliphatic rings. The lowest BCUT2D eigenvalue weighted by atomic mass is 10.3. The molecule has 0 fully saturated rings. The molecule has 0 bridgehead atoms. The van der Waals surface area contributed by atoms with Gasteiger partial charge in [-0.3, -0.25) is 0 Å². The van der Waals surface area contributed by atoms with Crippen LogP contribution in [0, 0.1) is 0 Å². The van der Waals surface area contributed by atoms with Crippen molar-refractivity contribution in [2.45, 2.75) is 13.8 Å². The summed E-state index contributed by atoms with van der Waals surface area (Å²) in [7, 11) is -0.385. The number of hydrogen-bond acceptors (Lipinski definition) is 0. The highest BCUT2D eigenvalue weighted by molar-refractivity contribution is 7.72. The second-order valence-corrected chi connectivity index (χ2v) is 6.51. The molecule has 0 atom stereocenters. The van der Waals surface area contributed by atoms with E-state index in [9.17, 15) is 0 Å². The summed E-state index contributed by atoms with van der Waals surface area (Å²) in [5.74, 6) is 2.34. The zero-order valence-corrected chi connectivity index (χ0v) is 13.7. The van der Waals surface area contributed by atoms with E-state index in [1.807, 2.05) is 0 Å². The molecule has 0 aliphatic heterocycles. The molecule has 0 unspecified atom stereocenters. The summed E-state index contributed by atoms with van der Waals surface area (Å²) < 4.78 is 0. The lowest BCUT2D eigenvalue weighted by Gasteiger charge is -1.95. The molecule has 0 spiro atoms. The number of allylic oxidation sites excluding steroid dienone is 2. The Bertz CT molecular complexity index is 511. The summed E-state index contributed by atoms with van der Waals surface area (Å²) in [5.41, 5.74) is 1.34. The summed E-state index contributed by atoms with van der Waals surface area (Å²) in [5, 5.41) is 2.80. The monoisotopic (exact) mass is 332 g/mol. The fourth-order valence-electron chi connectivity index (χ4n) is 1.72. The van der Waals surface area contributed by atoms with E-state index in [2.05, 4.69) is 86.4 Å². The van der Waals surface area contributed by atoms with Gasteiger partial charge in [-0.05, 0) is 44.2 Å². The van der Waals surface area contributed by atoms with Crippen LogP contribution >= 0.6 is 7.55 Å². The maximum atomic E-state index is 2.34. The van der Waals surface area contributed by atoms with Crippen molar-refractivity contribution in [3.63, 3.8) is 0 Å². The number of rotatable bonds is 3. The normalized spacial score (nSPS) is 9.16. The third-order valence-corrected chi connectivity index (χ3v) is 4.78. The van der Waals surface area contributed by atoms with Crippen LogP contribution in [0.15, 0.2) is 72.3 Å². The topological polar surface area (TPSA) is 0 Å². The van der Waals surface area contributed by atoms with Crippen molar-refractivity contribution in [3.05, 3.63) is 72.3 Å². The van der Waals surface area contributed by atoms with Crippen molar-refractivity contribution in [1.82, 2.24) is 0 Å². The Balaban J connectivity index is 0.00000180. The van der Waals surface area contributed by atoms with Crippen molar-refractivity contribution in [2.75, 3.05) is 0 Å². The van der Waals surface area contributed by atoms with E-state index in [-0.39, 0.29) is 24.5 Å². The molecule has 2 aromatic carbocycles. The number of benzene rings is 2. The molecule has 98 valence electrons. The maximum Gasteiger partial charge on any atom is 0.170 e. The Morgan fingerprint density at radius 2 is 1.21 bits per heavy atom. The minimum Gasteiger partial charge on any atom is -1.00 e. The predicted molar refractivity (Wildman–Crippen MR) is 84.6 cm³/mol. The van der Waals surface area contributed by atoms with Gasteiger partial charge in [0, 0.05) is 0 Å². The molecule has 2 aromatic rings. The smallest absolute Gasteiger partial charge is 0.170 e. The third kappa shape index (κ3) is 4.78. The highest BCUT2D eigenvalue weighted by atomic mass is 79.9. The van der Waals surface area contributed by atoms with Crippen molar-refractivity contribution < 1.29 is 17.0 Å². The lowest BCUT2D eigenvalue weighted by molar-refractivity contribution is -0.00000360. The van der Waals surface area contributed by atoms with Crippen LogP contribution in [0.25, 0.3) is 0 Å². The maximum absolute atomic E-state index is 2.34. The van der Waals surface area contributed by atoms with Crippen molar-refractivity contribution >= 4 is 24.0 Å². The molecule has 0 N–H and O–H groups in total. The van der Waals surface area contributed by atoms with Crippen LogP contribution < -0.4 is 27.6 Å². The summed E-state index contributed by atoms with van der Waals surface area (Å²) in [6.07, 6.45) is 2.23. The SMILES string of the molecule is CC(C)=CC=[P+](c1ccccc1)c1ccccc1.[Br-]. The van der Waals surface area contributed by atoms with Gasteiger partial charge in [0.1, 0.15) is 5.80 Å². The summed E-state index contributed by atoms with van der Waals surface area (Å²) in [6.45, 7) is 4.28. The average Bonchev–Trinajstić information content (AvgIpc) is 2.41. The molecule has 0 saturated carbocycles. The summed E-state index contributed by atoms with van der Waals surface area (Å²) in [4.78, 5) is 0. The highest BCUT2D eigenvalue weighted by Gasteiger charge is 2.15. The largest absolute Gasteiger partial charge is 1.00 e. The molecule has 2 rings (SSSR count). The Hall–Kier alpha value is -1.17. The fraction of sp³-hybridized carbons (Fsp3) is 0.118. The van der Waals surface area contributed by atoms with E-state index in [1.54, 1.807) is 0 Å². The van der Waals surface area contributed by atoms with Gasteiger partial charge in [-0.1, -0.05) is 42.0 Å². The van der Waals surface area contributed by atoms with E-state index in [1.165, 1.54) is 16.2 Å². The highest BCUT2D eigenvalue weighted by Crippen LogP contribution is 2.20. The Labute approximate surface area is 127 Å². The van der Waals surface area contributed by atoms with E-state index < -0.39 is 0 Å². The quantitative estimate of drug-likeness (QED) is 0.732. The second kappa shape index (κ2) is 8.09. The Kier molecular flexibility index (Phi) is 6.77. The van der Waals surface area contributed by atoms with Crippen LogP contribution in [-0.4, -0.2) is 5.80 Å². The first kappa shape index (κ1) is 15.9. The van der Waals surface area contributed by atoms with Crippen molar-refractivity contribution in [3.8, 4) is 0 Å². The van der Waals surface area contributed by atoms with Crippen LogP contribution in [0.1, 0.15) is 13.8 Å². The third-order valence-electron chi connectivity index (χ3n) is 2.63. The van der Waals surface area contributed by atoms with Crippen LogP contribution in [0.4, 0.5) is 0 Å². The molecular weight excluding hydrogens is 315 g/mol. The van der Waals surface area contributed by atoms with E-state index in [0.29, 0.717) is 0 Å². The summed E-state index contributed by atoms with van der Waals surface area (Å²) >= 11 is 0. The van der Waals surface area contributed by atoms with Crippen molar-refractivity contribution in [1.29, 1.82) is 0 Å². The van der Waals surface area contributed by atoms with Gasteiger partial charge in [0.2, 0.25) is 0 Å². The first-order valence-corrected chi connectivity index (χ1v) is 7.56. The molecule has 0 heterocycles. The molecule has 0 aromatic heterocycles. The number of hydrogen-bond donors (Lipinski definition) is 0. The predicted octanol–water partition coefficient (Wildman–Crippen LogP) is 0.892. The van der Waals surface area contributed by atoms with Crippen molar-refractivity contribution in [2.24, 2.45) is 0 Å². The van der Waals surface area contributed by atoms with Gasteiger partial charge in [-0.25, -0.2) is 0 Å².